The van der Waals surface area contributed by atoms with E-state index in [1.807, 2.05) is 18.2 Å². The SMILES string of the molecule is COc1ccc(CCC2(O)CC2)cc1OC. The van der Waals surface area contributed by atoms with Gasteiger partial charge in [-0.2, -0.15) is 0 Å². The minimum absolute atomic E-state index is 0.382. The predicted octanol–water partition coefficient (Wildman–Crippen LogP) is 2.16. The maximum absolute atomic E-state index is 9.76. The minimum Gasteiger partial charge on any atom is -0.493 e. The van der Waals surface area contributed by atoms with Crippen molar-refractivity contribution in [3.63, 3.8) is 0 Å². The zero-order valence-corrected chi connectivity index (χ0v) is 9.82. The lowest BCUT2D eigenvalue weighted by Crippen LogP contribution is -2.07. The molecule has 0 unspecified atom stereocenters. The maximum atomic E-state index is 9.76. The molecule has 0 amide bonds. The highest BCUT2D eigenvalue weighted by atomic mass is 16.5. The molecule has 1 aromatic rings. The molecule has 1 aliphatic carbocycles. The second kappa shape index (κ2) is 4.34. The Bertz CT molecular complexity index is 369. The molecule has 1 saturated carbocycles. The van der Waals surface area contributed by atoms with E-state index in [-0.39, 0.29) is 5.60 Å². The van der Waals surface area contributed by atoms with Crippen LogP contribution in [0, 0.1) is 0 Å². The van der Waals surface area contributed by atoms with Gasteiger partial charge in [-0.05, 0) is 43.4 Å². The molecule has 1 aliphatic rings. The molecule has 3 nitrogen and oxygen atoms in total. The number of benzene rings is 1. The van der Waals surface area contributed by atoms with E-state index >= 15 is 0 Å². The number of rotatable bonds is 5. The topological polar surface area (TPSA) is 38.7 Å². The quantitative estimate of drug-likeness (QED) is 0.829. The first-order chi connectivity index (χ1) is 7.67. The third-order valence-electron chi connectivity index (χ3n) is 3.15. The fraction of sp³-hybridized carbons (Fsp3) is 0.538. The summed E-state index contributed by atoms with van der Waals surface area (Å²) in [6, 6.07) is 5.91. The summed E-state index contributed by atoms with van der Waals surface area (Å²) in [5.74, 6) is 1.50. The molecule has 3 heteroatoms. The van der Waals surface area contributed by atoms with Crippen LogP contribution in [0.2, 0.25) is 0 Å². The van der Waals surface area contributed by atoms with E-state index in [2.05, 4.69) is 0 Å². The van der Waals surface area contributed by atoms with Gasteiger partial charge in [0.15, 0.2) is 11.5 Å². The van der Waals surface area contributed by atoms with Crippen LogP contribution in [0.4, 0.5) is 0 Å². The van der Waals surface area contributed by atoms with E-state index in [9.17, 15) is 5.11 Å². The number of ether oxygens (including phenoxy) is 2. The van der Waals surface area contributed by atoms with E-state index in [1.165, 1.54) is 5.56 Å². The molecule has 16 heavy (non-hydrogen) atoms. The van der Waals surface area contributed by atoms with Gasteiger partial charge in [-0.3, -0.25) is 0 Å². The molecular formula is C13H18O3. The summed E-state index contributed by atoms with van der Waals surface area (Å²) in [7, 11) is 3.26. The molecule has 1 fully saturated rings. The van der Waals surface area contributed by atoms with Gasteiger partial charge in [-0.1, -0.05) is 6.07 Å². The highest BCUT2D eigenvalue weighted by molar-refractivity contribution is 5.42. The van der Waals surface area contributed by atoms with Gasteiger partial charge in [-0.25, -0.2) is 0 Å². The summed E-state index contributed by atoms with van der Waals surface area (Å²) >= 11 is 0. The zero-order chi connectivity index (χ0) is 11.6. The molecule has 0 aromatic heterocycles. The van der Waals surface area contributed by atoms with Gasteiger partial charge in [-0.15, -0.1) is 0 Å². The van der Waals surface area contributed by atoms with Crippen LogP contribution in [0.25, 0.3) is 0 Å². The third-order valence-corrected chi connectivity index (χ3v) is 3.15. The van der Waals surface area contributed by atoms with Gasteiger partial charge < -0.3 is 14.6 Å². The highest BCUT2D eigenvalue weighted by Crippen LogP contribution is 2.39. The molecule has 2 rings (SSSR count). The Kier molecular flexibility index (Phi) is 3.06. The lowest BCUT2D eigenvalue weighted by molar-refractivity contribution is 0.140. The Balaban J connectivity index is 2.04. The summed E-state index contributed by atoms with van der Waals surface area (Å²) in [5, 5.41) is 9.76. The number of hydrogen-bond acceptors (Lipinski definition) is 3. The second-order valence-electron chi connectivity index (χ2n) is 4.41. The van der Waals surface area contributed by atoms with E-state index < -0.39 is 0 Å². The molecule has 1 aromatic carbocycles. The molecule has 0 aliphatic heterocycles. The summed E-state index contributed by atoms with van der Waals surface area (Å²) in [4.78, 5) is 0. The molecule has 0 heterocycles. The highest BCUT2D eigenvalue weighted by Gasteiger charge is 2.39. The fourth-order valence-electron chi connectivity index (χ4n) is 1.81. The average molecular weight is 222 g/mol. The predicted molar refractivity (Wildman–Crippen MR) is 62.1 cm³/mol. The van der Waals surface area contributed by atoms with E-state index in [0.29, 0.717) is 0 Å². The standard InChI is InChI=1S/C13H18O3/c1-15-11-4-3-10(9-12(11)16-2)5-6-13(14)7-8-13/h3-4,9,14H,5-8H2,1-2H3. The van der Waals surface area contributed by atoms with E-state index in [4.69, 9.17) is 9.47 Å². The largest absolute Gasteiger partial charge is 0.493 e. The van der Waals surface area contributed by atoms with Crippen molar-refractivity contribution >= 4 is 0 Å². The Morgan fingerprint density at radius 1 is 1.19 bits per heavy atom. The molecule has 88 valence electrons. The molecule has 0 atom stereocenters. The summed E-state index contributed by atoms with van der Waals surface area (Å²) in [6.07, 6.45) is 3.61. The monoisotopic (exact) mass is 222 g/mol. The Labute approximate surface area is 96.0 Å². The number of aliphatic hydroxyl groups is 1. The van der Waals surface area contributed by atoms with Crippen LogP contribution in [0.5, 0.6) is 11.5 Å². The fourth-order valence-corrected chi connectivity index (χ4v) is 1.81. The van der Waals surface area contributed by atoms with Gasteiger partial charge in [0.05, 0.1) is 19.8 Å². The smallest absolute Gasteiger partial charge is 0.160 e. The average Bonchev–Trinajstić information content (AvgIpc) is 3.05. The van der Waals surface area contributed by atoms with Crippen LogP contribution >= 0.6 is 0 Å². The first-order valence-electron chi connectivity index (χ1n) is 5.60. The lowest BCUT2D eigenvalue weighted by Gasteiger charge is -2.11. The molecule has 0 spiro atoms. The van der Waals surface area contributed by atoms with Crippen LogP contribution in [-0.4, -0.2) is 24.9 Å². The summed E-state index contributed by atoms with van der Waals surface area (Å²) in [6.45, 7) is 0. The third kappa shape index (κ3) is 2.47. The van der Waals surface area contributed by atoms with Crippen molar-refractivity contribution in [3.8, 4) is 11.5 Å². The lowest BCUT2D eigenvalue weighted by atomic mass is 10.1. The molecular weight excluding hydrogens is 204 g/mol. The Hall–Kier alpha value is -1.22. The maximum Gasteiger partial charge on any atom is 0.160 e. The number of aryl methyl sites for hydroxylation is 1. The first-order valence-corrected chi connectivity index (χ1v) is 5.60. The minimum atomic E-state index is -0.382. The summed E-state index contributed by atoms with van der Waals surface area (Å²) in [5.41, 5.74) is 0.797. The Morgan fingerprint density at radius 2 is 1.88 bits per heavy atom. The molecule has 0 radical (unpaired) electrons. The molecule has 0 bridgehead atoms. The van der Waals surface area contributed by atoms with Gasteiger partial charge in [0, 0.05) is 0 Å². The van der Waals surface area contributed by atoms with Crippen molar-refractivity contribution in [2.45, 2.75) is 31.3 Å². The van der Waals surface area contributed by atoms with Crippen LogP contribution in [0.1, 0.15) is 24.8 Å². The summed E-state index contributed by atoms with van der Waals surface area (Å²) < 4.78 is 10.4. The van der Waals surface area contributed by atoms with Crippen LogP contribution in [0.15, 0.2) is 18.2 Å². The molecule has 0 saturated heterocycles. The van der Waals surface area contributed by atoms with Crippen LogP contribution < -0.4 is 9.47 Å². The van der Waals surface area contributed by atoms with E-state index in [1.54, 1.807) is 14.2 Å². The van der Waals surface area contributed by atoms with Crippen molar-refractivity contribution in [2.75, 3.05) is 14.2 Å². The van der Waals surface area contributed by atoms with Gasteiger partial charge >= 0.3 is 0 Å². The normalized spacial score (nSPS) is 16.9. The van der Waals surface area contributed by atoms with E-state index in [0.717, 1.165) is 37.2 Å². The van der Waals surface area contributed by atoms with Crippen molar-refractivity contribution in [2.24, 2.45) is 0 Å². The van der Waals surface area contributed by atoms with Gasteiger partial charge in [0.1, 0.15) is 0 Å². The van der Waals surface area contributed by atoms with Gasteiger partial charge in [0.2, 0.25) is 0 Å². The second-order valence-corrected chi connectivity index (χ2v) is 4.41. The Morgan fingerprint density at radius 3 is 2.44 bits per heavy atom. The van der Waals surface area contributed by atoms with Crippen molar-refractivity contribution < 1.29 is 14.6 Å². The van der Waals surface area contributed by atoms with Crippen molar-refractivity contribution in [3.05, 3.63) is 23.8 Å². The van der Waals surface area contributed by atoms with Crippen LogP contribution in [-0.2, 0) is 6.42 Å². The van der Waals surface area contributed by atoms with Crippen molar-refractivity contribution in [1.29, 1.82) is 0 Å². The van der Waals surface area contributed by atoms with Crippen LogP contribution in [0.3, 0.4) is 0 Å². The number of hydrogen-bond donors (Lipinski definition) is 1. The molecule has 1 N–H and O–H groups in total. The van der Waals surface area contributed by atoms with Gasteiger partial charge in [0.25, 0.3) is 0 Å². The first kappa shape index (κ1) is 11.3. The zero-order valence-electron chi connectivity index (χ0n) is 9.82. The van der Waals surface area contributed by atoms with Crippen molar-refractivity contribution in [1.82, 2.24) is 0 Å². The number of methoxy groups -OCH3 is 2.